The zero-order valence-corrected chi connectivity index (χ0v) is 20.7. The molecule has 2 amide bonds. The molecule has 1 saturated carbocycles. The summed E-state index contributed by atoms with van der Waals surface area (Å²) in [7, 11) is 0. The molecule has 0 radical (unpaired) electrons. The number of amides is 2. The van der Waals surface area contributed by atoms with Crippen molar-refractivity contribution in [1.82, 2.24) is 5.32 Å². The van der Waals surface area contributed by atoms with E-state index in [2.05, 4.69) is 10.6 Å². The van der Waals surface area contributed by atoms with Crippen molar-refractivity contribution in [3.63, 3.8) is 0 Å². The average molecular weight is 478 g/mol. The van der Waals surface area contributed by atoms with Gasteiger partial charge in [-0.25, -0.2) is 4.39 Å². The number of hydrogen-bond acceptors (Lipinski definition) is 7. The number of esters is 1. The number of imide groups is 1. The zero-order chi connectivity index (χ0) is 25.3. The minimum Gasteiger partial charge on any atom is -0.460 e. The van der Waals surface area contributed by atoms with E-state index in [0.717, 1.165) is 0 Å². The normalized spacial score (nSPS) is 22.6. The molecule has 1 unspecified atom stereocenters. The van der Waals surface area contributed by atoms with E-state index < -0.39 is 34.9 Å². The highest BCUT2D eigenvalue weighted by Crippen LogP contribution is 2.56. The first-order chi connectivity index (χ1) is 15.9. The van der Waals surface area contributed by atoms with Crippen molar-refractivity contribution in [3.05, 3.63) is 24.0 Å². The molecule has 1 aromatic carbocycles. The number of carbonyl (C=O) groups is 3. The maximum atomic E-state index is 14.7. The van der Waals surface area contributed by atoms with Crippen LogP contribution >= 0.6 is 0 Å². The van der Waals surface area contributed by atoms with Crippen molar-refractivity contribution in [2.24, 2.45) is 5.41 Å². The number of hydrogen-bond donors (Lipinski definition) is 3. The summed E-state index contributed by atoms with van der Waals surface area (Å²) in [6.45, 7) is 10.6. The van der Waals surface area contributed by atoms with Crippen molar-refractivity contribution in [1.29, 1.82) is 0 Å². The van der Waals surface area contributed by atoms with Gasteiger partial charge in [0.15, 0.2) is 0 Å². The van der Waals surface area contributed by atoms with Gasteiger partial charge in [0.25, 0.3) is 0 Å². The first kappa shape index (κ1) is 25.9. The van der Waals surface area contributed by atoms with E-state index in [1.54, 1.807) is 32.9 Å². The van der Waals surface area contributed by atoms with E-state index in [1.165, 1.54) is 6.07 Å². The first-order valence-corrected chi connectivity index (χ1v) is 11.9. The zero-order valence-electron chi connectivity index (χ0n) is 20.7. The predicted octanol–water partition coefficient (Wildman–Crippen LogP) is 3.13. The van der Waals surface area contributed by atoms with Crippen LogP contribution in [0.1, 0.15) is 66.7 Å². The Labute approximate surface area is 200 Å². The predicted molar refractivity (Wildman–Crippen MR) is 127 cm³/mol. The second-order valence-corrected chi connectivity index (χ2v) is 10.5. The van der Waals surface area contributed by atoms with Gasteiger partial charge in [-0.2, -0.15) is 0 Å². The highest BCUT2D eigenvalue weighted by molar-refractivity contribution is 6.01. The molecule has 9 heteroatoms. The number of piperidine rings is 1. The van der Waals surface area contributed by atoms with Crippen LogP contribution in [0.25, 0.3) is 0 Å². The standard InChI is InChI=1S/C23H30FN3O5.C2H6/c1-21(2,3)32-19(29)9-23(31)10-22(11-23)12-27(13-22)17-6-4-14(8-15(17)24)25-16-5-7-18(28)26-20(16)30;1-2/h4,6,8,16,25,31H,5,7,9-13H2,1-3H3,(H,26,28,30);1-2H3. The molecular weight excluding hydrogens is 441 g/mol. The highest BCUT2D eigenvalue weighted by atomic mass is 19.1. The number of benzene rings is 1. The number of nitrogens with zero attached hydrogens (tertiary/aromatic N) is 1. The first-order valence-electron chi connectivity index (χ1n) is 11.9. The second-order valence-electron chi connectivity index (χ2n) is 10.5. The molecule has 1 atom stereocenters. The van der Waals surface area contributed by atoms with Crippen LogP contribution in [-0.4, -0.2) is 53.2 Å². The van der Waals surface area contributed by atoms with Gasteiger partial charge in [0.2, 0.25) is 11.8 Å². The Balaban J connectivity index is 0.00000158. The fourth-order valence-corrected chi connectivity index (χ4v) is 5.16. The lowest BCUT2D eigenvalue weighted by Gasteiger charge is -2.63. The van der Waals surface area contributed by atoms with Crippen molar-refractivity contribution in [3.8, 4) is 0 Å². The molecule has 4 rings (SSSR count). The third-order valence-corrected chi connectivity index (χ3v) is 6.22. The van der Waals surface area contributed by atoms with Gasteiger partial charge in [0, 0.05) is 30.6 Å². The molecule has 188 valence electrons. The van der Waals surface area contributed by atoms with Gasteiger partial charge in [-0.3, -0.25) is 19.7 Å². The summed E-state index contributed by atoms with van der Waals surface area (Å²) in [6.07, 6.45) is 1.58. The van der Waals surface area contributed by atoms with Gasteiger partial charge >= 0.3 is 5.97 Å². The monoisotopic (exact) mass is 477 g/mol. The van der Waals surface area contributed by atoms with E-state index in [0.29, 0.717) is 43.7 Å². The van der Waals surface area contributed by atoms with E-state index in [-0.39, 0.29) is 24.2 Å². The van der Waals surface area contributed by atoms with Gasteiger partial charge in [0.1, 0.15) is 17.5 Å². The number of nitrogens with one attached hydrogen (secondary N) is 2. The third kappa shape index (κ3) is 5.87. The molecule has 1 spiro atoms. The number of ether oxygens (including phenoxy) is 1. The quantitative estimate of drug-likeness (QED) is 0.442. The summed E-state index contributed by atoms with van der Waals surface area (Å²) in [6, 6.07) is 4.17. The Bertz CT molecular complexity index is 944. The van der Waals surface area contributed by atoms with Gasteiger partial charge in [-0.1, -0.05) is 13.8 Å². The lowest BCUT2D eigenvalue weighted by Crippen LogP contribution is -2.68. The number of aliphatic hydroxyl groups is 1. The number of anilines is 2. The molecule has 2 saturated heterocycles. The van der Waals surface area contributed by atoms with Crippen LogP contribution in [0.5, 0.6) is 0 Å². The summed E-state index contributed by atoms with van der Waals surface area (Å²) in [5, 5.41) is 15.9. The van der Waals surface area contributed by atoms with Crippen LogP contribution in [-0.2, 0) is 19.1 Å². The molecule has 8 nitrogen and oxygen atoms in total. The van der Waals surface area contributed by atoms with Crippen molar-refractivity contribution < 1.29 is 28.6 Å². The van der Waals surface area contributed by atoms with Crippen LogP contribution in [0, 0.1) is 11.2 Å². The van der Waals surface area contributed by atoms with E-state index in [4.69, 9.17) is 4.74 Å². The van der Waals surface area contributed by atoms with Crippen LogP contribution < -0.4 is 15.5 Å². The summed E-state index contributed by atoms with van der Waals surface area (Å²) in [5.41, 5.74) is -0.799. The fraction of sp³-hybridized carbons (Fsp3) is 0.640. The summed E-state index contributed by atoms with van der Waals surface area (Å²) in [5.74, 6) is -1.51. The molecule has 0 aromatic heterocycles. The molecule has 34 heavy (non-hydrogen) atoms. The Morgan fingerprint density at radius 2 is 1.91 bits per heavy atom. The topological polar surface area (TPSA) is 108 Å². The summed E-state index contributed by atoms with van der Waals surface area (Å²) < 4.78 is 20.0. The second kappa shape index (κ2) is 9.52. The molecule has 2 heterocycles. The number of rotatable bonds is 5. The SMILES string of the molecule is CC.CC(C)(C)OC(=O)CC1(O)CC2(CN(c3ccc(NC4CCC(=O)NC4=O)cc3F)C2)C1. The van der Waals surface area contributed by atoms with Gasteiger partial charge in [0.05, 0.1) is 17.7 Å². The Morgan fingerprint density at radius 3 is 2.47 bits per heavy atom. The largest absolute Gasteiger partial charge is 0.460 e. The summed E-state index contributed by atoms with van der Waals surface area (Å²) >= 11 is 0. The number of carbonyl (C=O) groups excluding carboxylic acids is 3. The highest BCUT2D eigenvalue weighted by Gasteiger charge is 2.60. The van der Waals surface area contributed by atoms with Crippen LogP contribution in [0.15, 0.2) is 18.2 Å². The Kier molecular flexibility index (Phi) is 7.26. The Hall–Kier alpha value is -2.68. The van der Waals surface area contributed by atoms with E-state index in [1.807, 2.05) is 18.7 Å². The molecule has 1 aliphatic carbocycles. The third-order valence-electron chi connectivity index (χ3n) is 6.22. The lowest BCUT2D eigenvalue weighted by atomic mass is 9.54. The van der Waals surface area contributed by atoms with Crippen molar-refractivity contribution >= 4 is 29.2 Å². The molecule has 3 N–H and O–H groups in total. The molecule has 2 aliphatic heterocycles. The minimum absolute atomic E-state index is 0.0267. The molecule has 0 bridgehead atoms. The molecule has 1 aromatic rings. The van der Waals surface area contributed by atoms with Gasteiger partial charge in [-0.15, -0.1) is 0 Å². The lowest BCUT2D eigenvalue weighted by molar-refractivity contribution is -0.179. The van der Waals surface area contributed by atoms with E-state index in [9.17, 15) is 23.9 Å². The summed E-state index contributed by atoms with van der Waals surface area (Å²) in [4.78, 5) is 37.1. The van der Waals surface area contributed by atoms with Crippen LogP contribution in [0.2, 0.25) is 0 Å². The van der Waals surface area contributed by atoms with Crippen LogP contribution in [0.3, 0.4) is 0 Å². The minimum atomic E-state index is -1.05. The number of halogens is 1. The smallest absolute Gasteiger partial charge is 0.309 e. The van der Waals surface area contributed by atoms with Crippen molar-refractivity contribution in [2.45, 2.75) is 84.0 Å². The average Bonchev–Trinajstić information content (AvgIpc) is 2.67. The van der Waals surface area contributed by atoms with Gasteiger partial charge < -0.3 is 20.1 Å². The van der Waals surface area contributed by atoms with Crippen LogP contribution in [0.4, 0.5) is 15.8 Å². The fourth-order valence-electron chi connectivity index (χ4n) is 5.16. The van der Waals surface area contributed by atoms with Crippen molar-refractivity contribution in [2.75, 3.05) is 23.3 Å². The Morgan fingerprint density at radius 1 is 1.26 bits per heavy atom. The maximum absolute atomic E-state index is 14.7. The maximum Gasteiger partial charge on any atom is 0.309 e. The molecule has 3 aliphatic rings. The molecule has 3 fully saturated rings. The van der Waals surface area contributed by atoms with Gasteiger partial charge in [-0.05, 0) is 58.2 Å². The van der Waals surface area contributed by atoms with E-state index >= 15 is 0 Å². The molecular formula is C25H36FN3O5.